The second-order valence-electron chi connectivity index (χ2n) is 4.33. The Balaban J connectivity index is 2.07. The van der Waals surface area contributed by atoms with Gasteiger partial charge in [0.15, 0.2) is 0 Å². The fourth-order valence-corrected chi connectivity index (χ4v) is 3.14. The van der Waals surface area contributed by atoms with Crippen LogP contribution in [0.15, 0.2) is 24.3 Å². The standard InChI is InChI=1S/C14H14ClNO4S/c1-2-20-13(18)8-21-11-7-12(17)16(14(11)19)10-6-4-3-5-9(10)15/h3-6,11H,2,7-8H2,1H3/t11-/m1/s1. The van der Waals surface area contributed by atoms with Crippen molar-refractivity contribution in [2.24, 2.45) is 0 Å². The maximum absolute atomic E-state index is 12.3. The van der Waals surface area contributed by atoms with Gasteiger partial charge in [-0.05, 0) is 19.1 Å². The lowest BCUT2D eigenvalue weighted by molar-refractivity contribution is -0.139. The number of ether oxygens (including phenoxy) is 1. The maximum Gasteiger partial charge on any atom is 0.315 e. The maximum atomic E-state index is 12.3. The van der Waals surface area contributed by atoms with E-state index in [-0.39, 0.29) is 30.0 Å². The van der Waals surface area contributed by atoms with Gasteiger partial charge < -0.3 is 4.74 Å². The molecule has 0 aliphatic carbocycles. The average Bonchev–Trinajstić information content (AvgIpc) is 2.73. The number of rotatable bonds is 5. The van der Waals surface area contributed by atoms with Crippen LogP contribution in [-0.4, -0.2) is 35.4 Å². The number of anilines is 1. The minimum Gasteiger partial charge on any atom is -0.465 e. The van der Waals surface area contributed by atoms with E-state index in [1.807, 2.05) is 0 Å². The fourth-order valence-electron chi connectivity index (χ4n) is 1.99. The molecule has 1 aromatic carbocycles. The second-order valence-corrected chi connectivity index (χ2v) is 5.93. The van der Waals surface area contributed by atoms with Gasteiger partial charge in [-0.25, -0.2) is 4.90 Å². The van der Waals surface area contributed by atoms with Crippen molar-refractivity contribution in [1.82, 2.24) is 0 Å². The van der Waals surface area contributed by atoms with Gasteiger partial charge >= 0.3 is 5.97 Å². The topological polar surface area (TPSA) is 63.7 Å². The summed E-state index contributed by atoms with van der Waals surface area (Å²) in [5.74, 6) is -0.996. The van der Waals surface area contributed by atoms with E-state index in [2.05, 4.69) is 0 Å². The lowest BCUT2D eigenvalue weighted by atomic mass is 10.3. The molecule has 1 atom stereocenters. The molecule has 0 saturated carbocycles. The molecule has 0 radical (unpaired) electrons. The van der Waals surface area contributed by atoms with Gasteiger partial charge in [-0.1, -0.05) is 23.7 Å². The van der Waals surface area contributed by atoms with Crippen molar-refractivity contribution < 1.29 is 19.1 Å². The van der Waals surface area contributed by atoms with E-state index in [1.54, 1.807) is 31.2 Å². The molecule has 5 nitrogen and oxygen atoms in total. The number of hydrogen-bond donors (Lipinski definition) is 0. The zero-order chi connectivity index (χ0) is 15.4. The van der Waals surface area contributed by atoms with E-state index in [1.165, 1.54) is 0 Å². The summed E-state index contributed by atoms with van der Waals surface area (Å²) >= 11 is 7.14. The Labute approximate surface area is 131 Å². The Kier molecular flexibility index (Phi) is 5.25. The molecule has 112 valence electrons. The summed E-state index contributed by atoms with van der Waals surface area (Å²) in [5.41, 5.74) is 0.383. The number of imide groups is 1. The first-order valence-electron chi connectivity index (χ1n) is 6.43. The summed E-state index contributed by atoms with van der Waals surface area (Å²) in [6, 6.07) is 6.68. The number of carbonyl (C=O) groups excluding carboxylic acids is 3. The first-order chi connectivity index (χ1) is 10.0. The molecule has 0 unspecified atom stereocenters. The van der Waals surface area contributed by atoms with Crippen molar-refractivity contribution in [2.75, 3.05) is 17.3 Å². The van der Waals surface area contributed by atoms with Gasteiger partial charge in [-0.3, -0.25) is 14.4 Å². The third-order valence-electron chi connectivity index (χ3n) is 2.91. The van der Waals surface area contributed by atoms with E-state index in [4.69, 9.17) is 16.3 Å². The minimum atomic E-state index is -0.571. The molecule has 1 heterocycles. The molecule has 7 heteroatoms. The van der Waals surface area contributed by atoms with Gasteiger partial charge in [0.25, 0.3) is 0 Å². The summed E-state index contributed by atoms with van der Waals surface area (Å²) in [5, 5.41) is -0.228. The number of amides is 2. The molecule has 0 spiro atoms. The Morgan fingerprint density at radius 3 is 2.81 bits per heavy atom. The van der Waals surface area contributed by atoms with Gasteiger partial charge in [-0.15, -0.1) is 11.8 Å². The summed E-state index contributed by atoms with van der Waals surface area (Å²) < 4.78 is 4.80. The number of thioether (sulfide) groups is 1. The molecule has 1 aliphatic rings. The van der Waals surface area contributed by atoms with Crippen LogP contribution in [0.2, 0.25) is 5.02 Å². The number of benzene rings is 1. The van der Waals surface area contributed by atoms with Crippen LogP contribution >= 0.6 is 23.4 Å². The molecule has 0 bridgehead atoms. The minimum absolute atomic E-state index is 0.0495. The third-order valence-corrected chi connectivity index (χ3v) is 4.40. The van der Waals surface area contributed by atoms with Crippen LogP contribution in [-0.2, 0) is 19.1 Å². The number of carbonyl (C=O) groups is 3. The number of esters is 1. The number of halogens is 1. The number of para-hydroxylation sites is 1. The van der Waals surface area contributed by atoms with Gasteiger partial charge in [0.2, 0.25) is 11.8 Å². The quantitative estimate of drug-likeness (QED) is 0.613. The van der Waals surface area contributed by atoms with Crippen LogP contribution in [0.3, 0.4) is 0 Å². The van der Waals surface area contributed by atoms with Crippen LogP contribution < -0.4 is 4.90 Å². The second kappa shape index (κ2) is 6.95. The van der Waals surface area contributed by atoms with Crippen molar-refractivity contribution >= 4 is 46.8 Å². The zero-order valence-electron chi connectivity index (χ0n) is 11.4. The summed E-state index contributed by atoms with van der Waals surface area (Å²) in [6.45, 7) is 2.01. The molecule has 1 aromatic rings. The van der Waals surface area contributed by atoms with Crippen LogP contribution in [0.5, 0.6) is 0 Å². The molecule has 1 aliphatic heterocycles. The predicted octanol–water partition coefficient (Wildman–Crippen LogP) is 2.27. The predicted molar refractivity (Wildman–Crippen MR) is 81.4 cm³/mol. The highest BCUT2D eigenvalue weighted by molar-refractivity contribution is 8.01. The smallest absolute Gasteiger partial charge is 0.315 e. The summed E-state index contributed by atoms with van der Waals surface area (Å²) in [6.07, 6.45) is 0.0636. The van der Waals surface area contributed by atoms with Crippen LogP contribution in [0, 0.1) is 0 Å². The normalized spacial score (nSPS) is 18.2. The third kappa shape index (κ3) is 3.57. The molecule has 1 fully saturated rings. The van der Waals surface area contributed by atoms with Gasteiger partial charge in [0.05, 0.1) is 28.3 Å². The summed E-state index contributed by atoms with van der Waals surface area (Å²) in [4.78, 5) is 36.8. The lowest BCUT2D eigenvalue weighted by Crippen LogP contribution is -2.31. The van der Waals surface area contributed by atoms with E-state index < -0.39 is 5.25 Å². The number of nitrogens with zero attached hydrogens (tertiary/aromatic N) is 1. The zero-order valence-corrected chi connectivity index (χ0v) is 12.9. The van der Waals surface area contributed by atoms with Gasteiger partial charge in [-0.2, -0.15) is 0 Å². The molecular formula is C14H14ClNO4S. The monoisotopic (exact) mass is 327 g/mol. The van der Waals surface area contributed by atoms with Crippen molar-refractivity contribution in [3.8, 4) is 0 Å². The van der Waals surface area contributed by atoms with Crippen molar-refractivity contribution in [1.29, 1.82) is 0 Å². The molecule has 2 amide bonds. The van der Waals surface area contributed by atoms with Crippen molar-refractivity contribution in [2.45, 2.75) is 18.6 Å². The van der Waals surface area contributed by atoms with E-state index in [0.717, 1.165) is 16.7 Å². The first kappa shape index (κ1) is 15.9. The van der Waals surface area contributed by atoms with Crippen molar-refractivity contribution in [3.63, 3.8) is 0 Å². The van der Waals surface area contributed by atoms with Crippen LogP contribution in [0.25, 0.3) is 0 Å². The highest BCUT2D eigenvalue weighted by Gasteiger charge is 2.40. The molecule has 1 saturated heterocycles. The van der Waals surface area contributed by atoms with Gasteiger partial charge in [0, 0.05) is 6.42 Å². The van der Waals surface area contributed by atoms with Crippen LogP contribution in [0.1, 0.15) is 13.3 Å². The van der Waals surface area contributed by atoms with Crippen LogP contribution in [0.4, 0.5) is 5.69 Å². The Bertz CT molecular complexity index is 578. The van der Waals surface area contributed by atoms with E-state index in [0.29, 0.717) is 17.3 Å². The van der Waals surface area contributed by atoms with E-state index in [9.17, 15) is 14.4 Å². The molecular weight excluding hydrogens is 314 g/mol. The average molecular weight is 328 g/mol. The largest absolute Gasteiger partial charge is 0.465 e. The Morgan fingerprint density at radius 1 is 1.43 bits per heavy atom. The first-order valence-corrected chi connectivity index (χ1v) is 7.85. The van der Waals surface area contributed by atoms with Gasteiger partial charge in [0.1, 0.15) is 0 Å². The number of hydrogen-bond acceptors (Lipinski definition) is 5. The highest BCUT2D eigenvalue weighted by Crippen LogP contribution is 2.33. The molecule has 21 heavy (non-hydrogen) atoms. The summed E-state index contributed by atoms with van der Waals surface area (Å²) in [7, 11) is 0. The van der Waals surface area contributed by atoms with E-state index >= 15 is 0 Å². The Hall–Kier alpha value is -1.53. The Morgan fingerprint density at radius 2 is 2.14 bits per heavy atom. The highest BCUT2D eigenvalue weighted by atomic mass is 35.5. The fraction of sp³-hybridized carbons (Fsp3) is 0.357. The SMILES string of the molecule is CCOC(=O)CS[C@@H]1CC(=O)N(c2ccccc2Cl)C1=O. The van der Waals surface area contributed by atoms with Crippen molar-refractivity contribution in [3.05, 3.63) is 29.3 Å². The lowest BCUT2D eigenvalue weighted by Gasteiger charge is -2.16. The molecule has 2 rings (SSSR count). The molecule has 0 aromatic heterocycles. The molecule has 0 N–H and O–H groups in total.